The van der Waals surface area contributed by atoms with Gasteiger partial charge in [0, 0.05) is 0 Å². The van der Waals surface area contributed by atoms with Crippen LogP contribution >= 0.6 is 0 Å². The van der Waals surface area contributed by atoms with Gasteiger partial charge >= 0.3 is 6.18 Å². The van der Waals surface area contributed by atoms with Crippen molar-refractivity contribution in [3.8, 4) is 0 Å². The van der Waals surface area contributed by atoms with Crippen molar-refractivity contribution < 1.29 is 13.2 Å². The predicted octanol–water partition coefficient (Wildman–Crippen LogP) is 2.48. The minimum absolute atomic E-state index is 0.0481. The van der Waals surface area contributed by atoms with Crippen LogP contribution in [0.5, 0.6) is 0 Å². The van der Waals surface area contributed by atoms with Gasteiger partial charge in [-0.15, -0.1) is 0 Å². The van der Waals surface area contributed by atoms with Crippen molar-refractivity contribution in [2.45, 2.75) is 25.0 Å². The van der Waals surface area contributed by atoms with Crippen molar-refractivity contribution in [2.75, 3.05) is 0 Å². The molecule has 1 aromatic rings. The number of benzene rings is 1. The lowest BCUT2D eigenvalue weighted by Crippen LogP contribution is -2.28. The molecule has 80 valence electrons. The van der Waals surface area contributed by atoms with Crippen LogP contribution in [0.15, 0.2) is 24.3 Å². The highest BCUT2D eigenvalue weighted by molar-refractivity contribution is 6.12. The molecule has 0 aliphatic rings. The summed E-state index contributed by atoms with van der Waals surface area (Å²) in [6.45, 7) is 1.76. The molecule has 2 unspecified atom stereocenters. The summed E-state index contributed by atoms with van der Waals surface area (Å²) in [6.07, 6.45) is -4.41. The van der Waals surface area contributed by atoms with E-state index in [2.05, 4.69) is 0 Å². The van der Waals surface area contributed by atoms with Gasteiger partial charge in [-0.1, -0.05) is 42.6 Å². The van der Waals surface area contributed by atoms with Gasteiger partial charge in [0.1, 0.15) is 6.04 Å². The van der Waals surface area contributed by atoms with Gasteiger partial charge in [-0.05, 0) is 5.56 Å². The molecule has 1 aromatic carbocycles. The van der Waals surface area contributed by atoms with E-state index >= 15 is 0 Å². The van der Waals surface area contributed by atoms with E-state index in [-0.39, 0.29) is 11.4 Å². The van der Waals surface area contributed by atoms with Crippen LogP contribution in [0.1, 0.15) is 29.9 Å². The van der Waals surface area contributed by atoms with Crippen molar-refractivity contribution in [1.29, 1.82) is 0 Å². The number of hydrogen-bond acceptors (Lipinski definition) is 1. The second-order valence-corrected chi connectivity index (χ2v) is 3.47. The quantitative estimate of drug-likeness (QED) is 0.750. The highest BCUT2D eigenvalue weighted by Gasteiger charge is 2.37. The van der Waals surface area contributed by atoms with Gasteiger partial charge in [-0.25, -0.2) is 0 Å². The molecule has 0 heterocycles. The lowest BCUT2D eigenvalue weighted by molar-refractivity contribution is -0.149. The molecular weight excluding hydrogens is 202 g/mol. The van der Waals surface area contributed by atoms with Crippen LogP contribution in [-0.2, 0) is 0 Å². The number of alkyl halides is 3. The maximum Gasteiger partial charge on any atom is 0.407 e. The number of nitrogens with two attached hydrogens (primary N) is 1. The summed E-state index contributed by atoms with van der Waals surface area (Å²) in [5.74, 6) is -0.193. The minimum atomic E-state index is -4.41. The Morgan fingerprint density at radius 2 is 1.53 bits per heavy atom. The molecular formula is C10H11BF3N. The summed E-state index contributed by atoms with van der Waals surface area (Å²) in [5, 5.41) is 0. The van der Waals surface area contributed by atoms with E-state index in [0.717, 1.165) is 5.56 Å². The van der Waals surface area contributed by atoms with Crippen LogP contribution in [-0.4, -0.2) is 14.0 Å². The Morgan fingerprint density at radius 1 is 1.13 bits per heavy atom. The first-order chi connectivity index (χ1) is 6.82. The van der Waals surface area contributed by atoms with Crippen LogP contribution in [0.25, 0.3) is 0 Å². The summed E-state index contributed by atoms with van der Waals surface area (Å²) in [7, 11) is 5.57. The summed E-state index contributed by atoms with van der Waals surface area (Å²) in [6, 6.07) is 3.91. The summed E-state index contributed by atoms with van der Waals surface area (Å²) in [5.41, 5.74) is 5.88. The number of halogens is 3. The zero-order valence-electron chi connectivity index (χ0n) is 8.25. The van der Waals surface area contributed by atoms with E-state index in [4.69, 9.17) is 13.6 Å². The first kappa shape index (κ1) is 12.1. The Kier molecular flexibility index (Phi) is 3.44. The molecule has 5 heteroatoms. The van der Waals surface area contributed by atoms with E-state index in [0.29, 0.717) is 0 Å². The lowest BCUT2D eigenvalue weighted by Gasteiger charge is -2.16. The van der Waals surface area contributed by atoms with Gasteiger partial charge in [0.15, 0.2) is 0 Å². The molecule has 0 aliphatic heterocycles. The molecule has 0 bridgehead atoms. The first-order valence-corrected chi connectivity index (χ1v) is 4.50. The summed E-state index contributed by atoms with van der Waals surface area (Å²) >= 11 is 0. The van der Waals surface area contributed by atoms with Gasteiger partial charge < -0.3 is 5.73 Å². The lowest BCUT2D eigenvalue weighted by atomic mass is 9.82. The molecule has 0 saturated heterocycles. The molecule has 15 heavy (non-hydrogen) atoms. The highest BCUT2D eigenvalue weighted by atomic mass is 19.4. The van der Waals surface area contributed by atoms with E-state index in [1.54, 1.807) is 19.1 Å². The molecule has 0 aliphatic carbocycles. The maximum absolute atomic E-state index is 12.2. The van der Waals surface area contributed by atoms with Crippen molar-refractivity contribution in [3.63, 3.8) is 0 Å². The molecule has 2 N–H and O–H groups in total. The van der Waals surface area contributed by atoms with Crippen LogP contribution < -0.4 is 5.73 Å². The van der Waals surface area contributed by atoms with Crippen molar-refractivity contribution >= 4 is 7.85 Å². The minimum Gasteiger partial charge on any atom is -0.316 e. The Hall–Kier alpha value is -0.965. The van der Waals surface area contributed by atoms with Crippen molar-refractivity contribution in [2.24, 2.45) is 5.73 Å². The zero-order chi connectivity index (χ0) is 11.6. The standard InChI is InChI=1S/C10H11BF3N/c1-6(11)7-2-4-8(5-3-7)9(15)10(12,13)14/h2-6,9H,15H2,1H3. The van der Waals surface area contributed by atoms with Crippen LogP contribution in [0, 0.1) is 0 Å². The SMILES string of the molecule is [B]C(C)c1ccc(C(N)C(F)(F)F)cc1. The molecule has 2 atom stereocenters. The molecule has 0 amide bonds. The van der Waals surface area contributed by atoms with Gasteiger partial charge in [0.25, 0.3) is 0 Å². The third-order valence-electron chi connectivity index (χ3n) is 2.17. The summed E-state index contributed by atoms with van der Waals surface area (Å²) < 4.78 is 36.7. The number of rotatable bonds is 2. The Morgan fingerprint density at radius 3 is 1.87 bits per heavy atom. The van der Waals surface area contributed by atoms with Gasteiger partial charge in [0.2, 0.25) is 0 Å². The smallest absolute Gasteiger partial charge is 0.316 e. The monoisotopic (exact) mass is 213 g/mol. The molecule has 1 rings (SSSR count). The molecule has 1 nitrogen and oxygen atoms in total. The van der Waals surface area contributed by atoms with Gasteiger partial charge in [0.05, 0.1) is 7.85 Å². The van der Waals surface area contributed by atoms with Crippen molar-refractivity contribution in [3.05, 3.63) is 35.4 Å². The fourth-order valence-electron chi connectivity index (χ4n) is 1.20. The van der Waals surface area contributed by atoms with Crippen molar-refractivity contribution in [1.82, 2.24) is 0 Å². The second-order valence-electron chi connectivity index (χ2n) is 3.47. The average Bonchev–Trinajstić information content (AvgIpc) is 2.15. The van der Waals surface area contributed by atoms with Crippen LogP contribution in [0.4, 0.5) is 13.2 Å². The largest absolute Gasteiger partial charge is 0.407 e. The predicted molar refractivity (Wildman–Crippen MR) is 53.6 cm³/mol. The highest BCUT2D eigenvalue weighted by Crippen LogP contribution is 2.30. The topological polar surface area (TPSA) is 26.0 Å². The van der Waals surface area contributed by atoms with E-state index in [1.165, 1.54) is 12.1 Å². The molecule has 0 fully saturated rings. The van der Waals surface area contributed by atoms with E-state index in [1.807, 2.05) is 0 Å². The third-order valence-corrected chi connectivity index (χ3v) is 2.17. The van der Waals surface area contributed by atoms with E-state index < -0.39 is 12.2 Å². The number of hydrogen-bond donors (Lipinski definition) is 1. The van der Waals surface area contributed by atoms with Crippen LogP contribution in [0.3, 0.4) is 0 Å². The third kappa shape index (κ3) is 2.99. The Balaban J connectivity index is 2.89. The Labute approximate surface area is 87.9 Å². The van der Waals surface area contributed by atoms with Gasteiger partial charge in [-0.2, -0.15) is 13.2 Å². The first-order valence-electron chi connectivity index (χ1n) is 4.50. The summed E-state index contributed by atoms with van der Waals surface area (Å²) in [4.78, 5) is 0. The normalized spacial score (nSPS) is 16.1. The molecule has 0 spiro atoms. The molecule has 0 aromatic heterocycles. The molecule has 2 radical (unpaired) electrons. The van der Waals surface area contributed by atoms with Gasteiger partial charge in [-0.3, -0.25) is 0 Å². The average molecular weight is 213 g/mol. The fraction of sp³-hybridized carbons (Fsp3) is 0.400. The maximum atomic E-state index is 12.2. The zero-order valence-corrected chi connectivity index (χ0v) is 8.25. The van der Waals surface area contributed by atoms with E-state index in [9.17, 15) is 13.2 Å². The van der Waals surface area contributed by atoms with Crippen LogP contribution in [0.2, 0.25) is 0 Å². The second kappa shape index (κ2) is 4.27. The Bertz CT molecular complexity index is 318. The molecule has 0 saturated carbocycles. The fourth-order valence-corrected chi connectivity index (χ4v) is 1.20.